The zero-order chi connectivity index (χ0) is 37.9. The molecule has 0 saturated carbocycles. The second kappa shape index (κ2) is 13.4. The number of aliphatic imine (C=N–C) groups is 2. The van der Waals surface area contributed by atoms with E-state index in [0.29, 0.717) is 0 Å². The van der Waals surface area contributed by atoms with Crippen molar-refractivity contribution in [3.05, 3.63) is 217 Å². The summed E-state index contributed by atoms with van der Waals surface area (Å²) >= 11 is 0. The van der Waals surface area contributed by atoms with Gasteiger partial charge in [-0.1, -0.05) is 146 Å². The quantitative estimate of drug-likeness (QED) is 0.168. The molecular formula is C52H37N5. The van der Waals surface area contributed by atoms with Gasteiger partial charge in [-0.2, -0.15) is 0 Å². The minimum atomic E-state index is -0.269. The van der Waals surface area contributed by atoms with Gasteiger partial charge < -0.3 is 14.0 Å². The second-order valence-corrected chi connectivity index (χ2v) is 14.7. The van der Waals surface area contributed by atoms with Crippen molar-refractivity contribution >= 4 is 55.3 Å². The van der Waals surface area contributed by atoms with Crippen LogP contribution in [0, 0.1) is 0 Å². The molecule has 3 heterocycles. The van der Waals surface area contributed by atoms with Crippen molar-refractivity contribution in [1.29, 1.82) is 0 Å². The summed E-state index contributed by atoms with van der Waals surface area (Å²) in [5.74, 6) is 1.63. The number of fused-ring (bicyclic) bond motifs is 6. The van der Waals surface area contributed by atoms with E-state index in [-0.39, 0.29) is 6.17 Å². The summed E-state index contributed by atoms with van der Waals surface area (Å²) in [6.07, 6.45) is -0.269. The van der Waals surface area contributed by atoms with Crippen molar-refractivity contribution in [2.24, 2.45) is 9.98 Å². The zero-order valence-corrected chi connectivity index (χ0v) is 31.4. The van der Waals surface area contributed by atoms with Gasteiger partial charge in [-0.05, 0) is 71.3 Å². The first-order valence-corrected chi connectivity index (χ1v) is 19.4. The molecule has 1 aliphatic heterocycles. The van der Waals surface area contributed by atoms with Gasteiger partial charge in [-0.25, -0.2) is 9.98 Å². The van der Waals surface area contributed by atoms with Crippen LogP contribution in [0.15, 0.2) is 210 Å². The first-order valence-electron chi connectivity index (χ1n) is 19.4. The van der Waals surface area contributed by atoms with E-state index in [0.717, 1.165) is 45.3 Å². The van der Waals surface area contributed by atoms with Crippen LogP contribution in [0.5, 0.6) is 0 Å². The topological polar surface area (TPSA) is 37.8 Å². The molecule has 1 unspecified atom stereocenters. The van der Waals surface area contributed by atoms with Crippen LogP contribution in [0.2, 0.25) is 0 Å². The molecule has 11 rings (SSSR count). The molecule has 0 amide bonds. The summed E-state index contributed by atoms with van der Waals surface area (Å²) in [7, 11) is 2.09. The van der Waals surface area contributed by atoms with E-state index in [9.17, 15) is 0 Å². The number of rotatable bonds is 6. The number of aromatic nitrogens is 2. The number of amidine groups is 2. The highest BCUT2D eigenvalue weighted by Gasteiger charge is 2.27. The maximum absolute atomic E-state index is 5.28. The highest BCUT2D eigenvalue weighted by atomic mass is 15.3. The summed E-state index contributed by atoms with van der Waals surface area (Å²) in [4.78, 5) is 12.6. The SMILES string of the molecule is CN1C(c2ccccc2)=NC(c2ccccc2)=NC1c1cccc(-n2c3ccccc3c3cc(-c4ccc5c6ccccc6n(-c6ccccc6)c5c4)ccc32)c1. The average molecular weight is 732 g/mol. The molecule has 0 bridgehead atoms. The Hall–Kier alpha value is -7.50. The molecule has 0 spiro atoms. The van der Waals surface area contributed by atoms with Crippen LogP contribution >= 0.6 is 0 Å². The van der Waals surface area contributed by atoms with Gasteiger partial charge in [-0.3, -0.25) is 0 Å². The van der Waals surface area contributed by atoms with Crippen molar-refractivity contribution in [3.8, 4) is 22.5 Å². The minimum Gasteiger partial charge on any atom is -0.333 e. The number of hydrogen-bond acceptors (Lipinski definition) is 3. The Bertz CT molecular complexity index is 3190. The summed E-state index contributed by atoms with van der Waals surface area (Å²) in [6.45, 7) is 0. The fourth-order valence-electron chi connectivity index (χ4n) is 8.67. The van der Waals surface area contributed by atoms with Crippen LogP contribution in [0.3, 0.4) is 0 Å². The van der Waals surface area contributed by atoms with E-state index in [1.54, 1.807) is 0 Å². The van der Waals surface area contributed by atoms with E-state index in [1.165, 1.54) is 49.2 Å². The minimum absolute atomic E-state index is 0.269. The van der Waals surface area contributed by atoms with Gasteiger partial charge in [0, 0.05) is 51.1 Å². The van der Waals surface area contributed by atoms with Gasteiger partial charge in [0.15, 0.2) is 12.0 Å². The summed E-state index contributed by atoms with van der Waals surface area (Å²) in [5.41, 5.74) is 12.5. The highest BCUT2D eigenvalue weighted by molar-refractivity contribution is 6.14. The predicted octanol–water partition coefficient (Wildman–Crippen LogP) is 12.4. The molecule has 0 N–H and O–H groups in total. The monoisotopic (exact) mass is 731 g/mol. The summed E-state index contributed by atoms with van der Waals surface area (Å²) in [6, 6.07) is 71.4. The Morgan fingerprint density at radius 1 is 0.386 bits per heavy atom. The molecule has 57 heavy (non-hydrogen) atoms. The van der Waals surface area contributed by atoms with Crippen LogP contribution in [0.1, 0.15) is 22.9 Å². The van der Waals surface area contributed by atoms with Crippen LogP contribution in [0.25, 0.3) is 66.1 Å². The average Bonchev–Trinajstić information content (AvgIpc) is 3.79. The van der Waals surface area contributed by atoms with Crippen LogP contribution < -0.4 is 0 Å². The Balaban J connectivity index is 1.04. The summed E-state index contributed by atoms with van der Waals surface area (Å²) < 4.78 is 4.78. The third-order valence-electron chi connectivity index (χ3n) is 11.3. The molecule has 5 nitrogen and oxygen atoms in total. The molecule has 0 aliphatic carbocycles. The van der Waals surface area contributed by atoms with Gasteiger partial charge in [-0.15, -0.1) is 0 Å². The van der Waals surface area contributed by atoms with Gasteiger partial charge in [0.25, 0.3) is 0 Å². The smallest absolute Gasteiger partial charge is 0.159 e. The lowest BCUT2D eigenvalue weighted by atomic mass is 10.0. The van der Waals surface area contributed by atoms with Crippen LogP contribution in [-0.2, 0) is 0 Å². The lowest BCUT2D eigenvalue weighted by molar-refractivity contribution is 0.383. The molecule has 1 atom stereocenters. The second-order valence-electron chi connectivity index (χ2n) is 14.7. The highest BCUT2D eigenvalue weighted by Crippen LogP contribution is 2.39. The van der Waals surface area contributed by atoms with Gasteiger partial charge >= 0.3 is 0 Å². The third-order valence-corrected chi connectivity index (χ3v) is 11.3. The Morgan fingerprint density at radius 2 is 0.930 bits per heavy atom. The molecule has 270 valence electrons. The fraction of sp³-hybridized carbons (Fsp3) is 0.0385. The zero-order valence-electron chi connectivity index (χ0n) is 31.4. The maximum atomic E-state index is 5.28. The van der Waals surface area contributed by atoms with Crippen molar-refractivity contribution in [2.45, 2.75) is 6.17 Å². The first-order chi connectivity index (χ1) is 28.2. The standard InChI is InChI=1S/C52H37N5/c1-55-51(36-18-7-3-8-19-36)53-50(35-16-5-2-6-17-35)54-52(55)39-20-15-23-41(32-39)57-47-27-14-12-25-43(47)45-33-37(29-31-48(45)57)38-28-30-44-42-24-11-13-26-46(42)56(49(44)34-38)40-21-9-4-10-22-40/h2-34,52H,1H3. The van der Waals surface area contributed by atoms with E-state index in [4.69, 9.17) is 9.98 Å². The van der Waals surface area contributed by atoms with Crippen molar-refractivity contribution < 1.29 is 0 Å². The van der Waals surface area contributed by atoms with Gasteiger partial charge in [0.2, 0.25) is 0 Å². The van der Waals surface area contributed by atoms with Crippen LogP contribution in [0.4, 0.5) is 0 Å². The Morgan fingerprint density at radius 3 is 1.67 bits per heavy atom. The molecule has 8 aromatic carbocycles. The maximum Gasteiger partial charge on any atom is 0.159 e. The van der Waals surface area contributed by atoms with E-state index < -0.39 is 0 Å². The molecule has 1 aliphatic rings. The van der Waals surface area contributed by atoms with Crippen LogP contribution in [-0.4, -0.2) is 32.8 Å². The fourth-order valence-corrected chi connectivity index (χ4v) is 8.67. The Labute approximate surface area is 330 Å². The third kappa shape index (κ3) is 5.47. The molecule has 5 heteroatoms. The normalized spacial score (nSPS) is 14.4. The number of hydrogen-bond donors (Lipinski definition) is 0. The number of nitrogens with zero attached hydrogens (tertiary/aromatic N) is 5. The summed E-state index contributed by atoms with van der Waals surface area (Å²) in [5, 5.41) is 4.95. The molecule has 0 fully saturated rings. The largest absolute Gasteiger partial charge is 0.333 e. The number of benzene rings is 8. The van der Waals surface area contributed by atoms with Crippen molar-refractivity contribution in [3.63, 3.8) is 0 Å². The molecule has 0 saturated heterocycles. The molecule has 0 radical (unpaired) electrons. The lowest BCUT2D eigenvalue weighted by Gasteiger charge is -2.32. The van der Waals surface area contributed by atoms with Crippen molar-refractivity contribution in [2.75, 3.05) is 7.05 Å². The molecular weight excluding hydrogens is 695 g/mol. The van der Waals surface area contributed by atoms with E-state index in [1.807, 2.05) is 24.3 Å². The molecule has 10 aromatic rings. The first kappa shape index (κ1) is 32.9. The van der Waals surface area contributed by atoms with Gasteiger partial charge in [0.05, 0.1) is 22.1 Å². The number of para-hydroxylation sites is 3. The van der Waals surface area contributed by atoms with E-state index in [2.05, 4.69) is 197 Å². The van der Waals surface area contributed by atoms with Gasteiger partial charge in [0.1, 0.15) is 5.84 Å². The van der Waals surface area contributed by atoms with E-state index >= 15 is 0 Å². The predicted molar refractivity (Wildman–Crippen MR) is 237 cm³/mol. The lowest BCUT2D eigenvalue weighted by Crippen LogP contribution is -2.35. The Kier molecular flexibility index (Phi) is 7.71. The van der Waals surface area contributed by atoms with Crippen molar-refractivity contribution in [1.82, 2.24) is 14.0 Å². The molecule has 2 aromatic heterocycles.